The van der Waals surface area contributed by atoms with Gasteiger partial charge in [0.15, 0.2) is 5.16 Å². The van der Waals surface area contributed by atoms with Crippen molar-refractivity contribution in [3.05, 3.63) is 58.4 Å². The van der Waals surface area contributed by atoms with Crippen molar-refractivity contribution >= 4 is 39.7 Å². The number of benzene rings is 2. The molecule has 0 spiro atoms. The molecule has 4 aromatic rings. The minimum atomic E-state index is -0.549. The van der Waals surface area contributed by atoms with Gasteiger partial charge >= 0.3 is 5.97 Å². The van der Waals surface area contributed by atoms with E-state index in [1.807, 2.05) is 49.4 Å². The number of nitrogens with zero attached hydrogens (tertiary/aromatic N) is 2. The topological polar surface area (TPSA) is 86.2 Å². The number of aromatic amines is 1. The van der Waals surface area contributed by atoms with Crippen LogP contribution in [0.4, 0.5) is 0 Å². The molecule has 0 amide bonds. The van der Waals surface area contributed by atoms with E-state index in [9.17, 15) is 9.59 Å². The van der Waals surface area contributed by atoms with Crippen molar-refractivity contribution in [1.82, 2.24) is 14.5 Å². The number of aryl methyl sites for hydroxylation is 1. The van der Waals surface area contributed by atoms with Crippen molar-refractivity contribution in [2.24, 2.45) is 0 Å². The summed E-state index contributed by atoms with van der Waals surface area (Å²) in [4.78, 5) is 33.7. The number of carbonyl (C=O) groups is 1. The fourth-order valence-corrected chi connectivity index (χ4v) is 4.32. The lowest BCUT2D eigenvalue weighted by Gasteiger charge is -2.17. The molecule has 2 aromatic heterocycles. The van der Waals surface area contributed by atoms with Crippen molar-refractivity contribution in [1.29, 1.82) is 0 Å². The maximum atomic E-state index is 13.6. The van der Waals surface area contributed by atoms with Crippen LogP contribution in [0.1, 0.15) is 12.5 Å². The molecule has 4 rings (SSSR count). The largest absolute Gasteiger partial charge is 0.495 e. The Labute approximate surface area is 177 Å². The maximum absolute atomic E-state index is 13.6. The predicted molar refractivity (Wildman–Crippen MR) is 118 cm³/mol. The van der Waals surface area contributed by atoms with Crippen LogP contribution in [-0.4, -0.2) is 40.0 Å². The van der Waals surface area contributed by atoms with E-state index in [1.54, 1.807) is 14.0 Å². The number of nitrogens with one attached hydrogen (secondary N) is 1. The number of carbonyl (C=O) groups excluding carboxylic acids is 1. The lowest BCUT2D eigenvalue weighted by Crippen LogP contribution is -2.24. The number of esters is 1. The van der Waals surface area contributed by atoms with E-state index in [0.29, 0.717) is 27.6 Å². The van der Waals surface area contributed by atoms with Crippen molar-refractivity contribution in [2.75, 3.05) is 14.2 Å². The van der Waals surface area contributed by atoms with E-state index < -0.39 is 11.2 Å². The lowest BCUT2D eigenvalue weighted by molar-refractivity contribution is -0.139. The standard InChI is InChI=1S/C22H21N3O4S/c1-12-9-10-17(28-3)16(11-12)25-20(26)19-18(14-7-5-6-8-15(14)23-19)24-22(25)30-13(2)21(27)29-4/h5-11,13,23H,1-4H3. The average Bonchev–Trinajstić information content (AvgIpc) is 3.12. The quantitative estimate of drug-likeness (QED) is 0.298. The molecule has 2 heterocycles. The Kier molecular flexibility index (Phi) is 5.26. The molecular formula is C22H21N3O4S. The number of hydrogen-bond donors (Lipinski definition) is 1. The molecule has 0 aliphatic carbocycles. The summed E-state index contributed by atoms with van der Waals surface area (Å²) in [5.41, 5.74) is 3.05. The van der Waals surface area contributed by atoms with Gasteiger partial charge in [-0.25, -0.2) is 9.55 Å². The Hall–Kier alpha value is -3.26. The van der Waals surface area contributed by atoms with Crippen LogP contribution in [0.5, 0.6) is 5.75 Å². The van der Waals surface area contributed by atoms with Gasteiger partial charge in [0.05, 0.1) is 19.9 Å². The first-order valence-electron chi connectivity index (χ1n) is 9.37. The summed E-state index contributed by atoms with van der Waals surface area (Å²) in [6, 6.07) is 13.2. The molecule has 7 nitrogen and oxygen atoms in total. The van der Waals surface area contributed by atoms with Crippen LogP contribution in [0.25, 0.3) is 27.6 Å². The Morgan fingerprint density at radius 1 is 1.20 bits per heavy atom. The first kappa shape index (κ1) is 20.0. The van der Waals surface area contributed by atoms with Gasteiger partial charge in [0, 0.05) is 10.9 Å². The number of hydrogen-bond acceptors (Lipinski definition) is 6. The molecule has 30 heavy (non-hydrogen) atoms. The molecule has 1 N–H and O–H groups in total. The zero-order valence-electron chi connectivity index (χ0n) is 17.1. The molecule has 0 bridgehead atoms. The van der Waals surface area contributed by atoms with Crippen LogP contribution in [0, 0.1) is 6.92 Å². The number of para-hydroxylation sites is 1. The van der Waals surface area contributed by atoms with Crippen molar-refractivity contribution in [3.63, 3.8) is 0 Å². The Bertz CT molecular complexity index is 1330. The summed E-state index contributed by atoms with van der Waals surface area (Å²) < 4.78 is 11.9. The van der Waals surface area contributed by atoms with Crippen molar-refractivity contribution in [2.45, 2.75) is 24.3 Å². The van der Waals surface area contributed by atoms with E-state index in [4.69, 9.17) is 14.5 Å². The van der Waals surface area contributed by atoms with Gasteiger partial charge in [0.25, 0.3) is 5.56 Å². The number of aromatic nitrogens is 3. The van der Waals surface area contributed by atoms with Gasteiger partial charge in [0.1, 0.15) is 22.0 Å². The van der Waals surface area contributed by atoms with Crippen LogP contribution in [0.2, 0.25) is 0 Å². The van der Waals surface area contributed by atoms with Gasteiger partial charge in [-0.3, -0.25) is 9.59 Å². The Morgan fingerprint density at radius 2 is 1.97 bits per heavy atom. The van der Waals surface area contributed by atoms with Crippen LogP contribution in [0.15, 0.2) is 52.4 Å². The molecule has 8 heteroatoms. The highest BCUT2D eigenvalue weighted by molar-refractivity contribution is 8.00. The third-order valence-electron chi connectivity index (χ3n) is 4.88. The van der Waals surface area contributed by atoms with E-state index >= 15 is 0 Å². The second kappa shape index (κ2) is 7.87. The zero-order chi connectivity index (χ0) is 21.4. The Balaban J connectivity index is 2.06. The lowest BCUT2D eigenvalue weighted by atomic mass is 10.2. The fourth-order valence-electron chi connectivity index (χ4n) is 3.38. The summed E-state index contributed by atoms with van der Waals surface area (Å²) in [5, 5.41) is 0.686. The fraction of sp³-hybridized carbons (Fsp3) is 0.227. The predicted octanol–water partition coefficient (Wildman–Crippen LogP) is 3.84. The van der Waals surface area contributed by atoms with Crippen LogP contribution in [0.3, 0.4) is 0 Å². The molecule has 0 fully saturated rings. The molecule has 0 aliphatic heterocycles. The molecule has 154 valence electrons. The number of fused-ring (bicyclic) bond motifs is 3. The minimum Gasteiger partial charge on any atom is -0.495 e. The third-order valence-corrected chi connectivity index (χ3v) is 5.92. The summed E-state index contributed by atoms with van der Waals surface area (Å²) in [6.07, 6.45) is 0. The summed E-state index contributed by atoms with van der Waals surface area (Å²) in [6.45, 7) is 3.66. The molecule has 0 saturated carbocycles. The first-order valence-corrected chi connectivity index (χ1v) is 10.3. The van der Waals surface area contributed by atoms with E-state index in [0.717, 1.165) is 16.5 Å². The van der Waals surface area contributed by atoms with Gasteiger partial charge in [-0.1, -0.05) is 36.0 Å². The molecule has 0 radical (unpaired) electrons. The zero-order valence-corrected chi connectivity index (χ0v) is 17.9. The number of ether oxygens (including phenoxy) is 2. The molecule has 0 aliphatic rings. The normalized spacial score (nSPS) is 12.3. The van der Waals surface area contributed by atoms with Gasteiger partial charge in [0.2, 0.25) is 0 Å². The minimum absolute atomic E-state index is 0.264. The summed E-state index contributed by atoms with van der Waals surface area (Å²) in [5.74, 6) is 0.142. The summed E-state index contributed by atoms with van der Waals surface area (Å²) >= 11 is 1.17. The molecular weight excluding hydrogens is 402 g/mol. The number of thioether (sulfide) groups is 1. The third kappa shape index (κ3) is 3.33. The van der Waals surface area contributed by atoms with E-state index in [1.165, 1.54) is 23.4 Å². The second-order valence-electron chi connectivity index (χ2n) is 6.89. The molecule has 0 saturated heterocycles. The highest BCUT2D eigenvalue weighted by Crippen LogP contribution is 2.31. The molecule has 2 aromatic carbocycles. The highest BCUT2D eigenvalue weighted by Gasteiger charge is 2.23. The van der Waals surface area contributed by atoms with Crippen molar-refractivity contribution in [3.8, 4) is 11.4 Å². The SMILES string of the molecule is COC(=O)C(C)Sc1nc2c([nH]c3ccccc32)c(=O)n1-c1cc(C)ccc1OC. The van der Waals surface area contributed by atoms with E-state index in [-0.39, 0.29) is 5.56 Å². The van der Waals surface area contributed by atoms with Crippen LogP contribution >= 0.6 is 11.8 Å². The highest BCUT2D eigenvalue weighted by atomic mass is 32.2. The van der Waals surface area contributed by atoms with Gasteiger partial charge in [-0.15, -0.1) is 0 Å². The van der Waals surface area contributed by atoms with Gasteiger partial charge < -0.3 is 14.5 Å². The molecule has 1 atom stereocenters. The van der Waals surface area contributed by atoms with E-state index in [2.05, 4.69) is 4.98 Å². The number of methoxy groups -OCH3 is 2. The summed E-state index contributed by atoms with van der Waals surface area (Å²) in [7, 11) is 2.89. The maximum Gasteiger partial charge on any atom is 0.318 e. The number of H-pyrrole nitrogens is 1. The Morgan fingerprint density at radius 3 is 2.70 bits per heavy atom. The monoisotopic (exact) mass is 423 g/mol. The number of rotatable bonds is 5. The first-order chi connectivity index (χ1) is 14.4. The molecule has 1 unspecified atom stereocenters. The van der Waals surface area contributed by atoms with Gasteiger partial charge in [-0.05, 0) is 37.6 Å². The van der Waals surface area contributed by atoms with Gasteiger partial charge in [-0.2, -0.15) is 0 Å². The van der Waals surface area contributed by atoms with Crippen molar-refractivity contribution < 1.29 is 14.3 Å². The van der Waals surface area contributed by atoms with Crippen LogP contribution in [-0.2, 0) is 9.53 Å². The smallest absolute Gasteiger partial charge is 0.318 e. The second-order valence-corrected chi connectivity index (χ2v) is 8.20. The van der Waals surface area contributed by atoms with Crippen LogP contribution < -0.4 is 10.3 Å². The average molecular weight is 423 g/mol.